The normalized spacial score (nSPS) is 12.8. The Morgan fingerprint density at radius 1 is 1.19 bits per heavy atom. The van der Waals surface area contributed by atoms with Gasteiger partial charge in [-0.05, 0) is 23.8 Å². The number of hydrogen-bond acceptors (Lipinski definition) is 6. The summed E-state index contributed by atoms with van der Waals surface area (Å²) in [6, 6.07) is 9.73. The Hall–Kier alpha value is -2.96. The van der Waals surface area contributed by atoms with Crippen molar-refractivity contribution in [2.45, 2.75) is 6.54 Å². The number of hydrogen-bond donors (Lipinski definition) is 2. The lowest BCUT2D eigenvalue weighted by Gasteiger charge is -2.07. The molecular formula is C14H13N5O2. The van der Waals surface area contributed by atoms with Crippen LogP contribution in [0.1, 0.15) is 5.56 Å². The van der Waals surface area contributed by atoms with Gasteiger partial charge in [0.05, 0.1) is 0 Å². The van der Waals surface area contributed by atoms with E-state index in [1.165, 1.54) is 0 Å². The first-order valence-corrected chi connectivity index (χ1v) is 6.52. The van der Waals surface area contributed by atoms with Crippen LogP contribution in [0.2, 0.25) is 0 Å². The van der Waals surface area contributed by atoms with Gasteiger partial charge >= 0.3 is 0 Å². The predicted molar refractivity (Wildman–Crippen MR) is 77.3 cm³/mol. The van der Waals surface area contributed by atoms with Gasteiger partial charge in [-0.25, -0.2) is 4.52 Å². The van der Waals surface area contributed by atoms with Crippen LogP contribution in [0.4, 0.5) is 11.6 Å². The number of fused-ring (bicyclic) bond motifs is 2. The molecule has 0 bridgehead atoms. The monoisotopic (exact) mass is 283 g/mol. The zero-order chi connectivity index (χ0) is 14.2. The van der Waals surface area contributed by atoms with E-state index in [1.54, 1.807) is 4.52 Å². The third-order valence-electron chi connectivity index (χ3n) is 3.29. The summed E-state index contributed by atoms with van der Waals surface area (Å²) in [7, 11) is 0. The molecular weight excluding hydrogens is 270 g/mol. The maximum atomic E-state index is 5.57. The molecule has 0 spiro atoms. The number of ether oxygens (including phenoxy) is 2. The molecule has 0 radical (unpaired) electrons. The van der Waals surface area contributed by atoms with Crippen LogP contribution in [0.25, 0.3) is 5.65 Å². The van der Waals surface area contributed by atoms with Crippen molar-refractivity contribution in [1.29, 1.82) is 0 Å². The standard InChI is InChI=1S/C14H13N5O2/c15-14-17-13-6-10(3-4-19(13)18-14)16-7-9-1-2-11-12(5-9)21-8-20-11/h1-6,16H,7-8H2,(H2,15,18). The first kappa shape index (κ1) is 11.8. The summed E-state index contributed by atoms with van der Waals surface area (Å²) in [5.41, 5.74) is 8.34. The molecule has 0 amide bonds. The maximum Gasteiger partial charge on any atom is 0.240 e. The average Bonchev–Trinajstić information content (AvgIpc) is 3.08. The third-order valence-corrected chi connectivity index (χ3v) is 3.29. The van der Waals surface area contributed by atoms with Gasteiger partial charge in [-0.1, -0.05) is 6.07 Å². The van der Waals surface area contributed by atoms with Gasteiger partial charge in [0.1, 0.15) is 0 Å². The van der Waals surface area contributed by atoms with Crippen LogP contribution in [-0.4, -0.2) is 21.4 Å². The van der Waals surface area contributed by atoms with E-state index in [0.717, 1.165) is 22.7 Å². The number of pyridine rings is 1. The molecule has 3 N–H and O–H groups in total. The van der Waals surface area contributed by atoms with Gasteiger partial charge in [0, 0.05) is 24.5 Å². The van der Waals surface area contributed by atoms with Crippen LogP contribution in [-0.2, 0) is 6.54 Å². The van der Waals surface area contributed by atoms with Crippen molar-refractivity contribution < 1.29 is 9.47 Å². The Labute approximate surface area is 120 Å². The number of benzene rings is 1. The molecule has 3 aromatic rings. The van der Waals surface area contributed by atoms with Gasteiger partial charge in [0.15, 0.2) is 17.1 Å². The SMILES string of the molecule is Nc1nc2cc(NCc3ccc4c(c3)OCO4)ccn2n1. The Bertz CT molecular complexity index is 814. The Balaban J connectivity index is 1.52. The molecule has 0 saturated carbocycles. The number of aromatic nitrogens is 3. The summed E-state index contributed by atoms with van der Waals surface area (Å²) in [6.07, 6.45) is 1.82. The van der Waals surface area contributed by atoms with E-state index >= 15 is 0 Å². The van der Waals surface area contributed by atoms with Gasteiger partial charge in [0.25, 0.3) is 0 Å². The van der Waals surface area contributed by atoms with E-state index in [1.807, 2.05) is 36.5 Å². The van der Waals surface area contributed by atoms with E-state index in [9.17, 15) is 0 Å². The minimum absolute atomic E-state index is 0.267. The fraction of sp³-hybridized carbons (Fsp3) is 0.143. The van der Waals surface area contributed by atoms with E-state index in [0.29, 0.717) is 12.2 Å². The van der Waals surface area contributed by atoms with Gasteiger partial charge in [-0.2, -0.15) is 4.98 Å². The highest BCUT2D eigenvalue weighted by Gasteiger charge is 2.12. The largest absolute Gasteiger partial charge is 0.454 e. The second-order valence-corrected chi connectivity index (χ2v) is 4.73. The molecule has 2 aromatic heterocycles. The summed E-state index contributed by atoms with van der Waals surface area (Å²) in [5, 5.41) is 7.37. The average molecular weight is 283 g/mol. The van der Waals surface area contributed by atoms with Crippen LogP contribution < -0.4 is 20.5 Å². The number of nitrogens with two attached hydrogens (primary N) is 1. The molecule has 4 rings (SSSR count). The lowest BCUT2D eigenvalue weighted by Crippen LogP contribution is -2.00. The Kier molecular flexibility index (Phi) is 2.56. The van der Waals surface area contributed by atoms with Gasteiger partial charge in [0.2, 0.25) is 12.7 Å². The van der Waals surface area contributed by atoms with E-state index in [2.05, 4.69) is 15.4 Å². The lowest BCUT2D eigenvalue weighted by molar-refractivity contribution is 0.174. The molecule has 3 heterocycles. The number of rotatable bonds is 3. The highest BCUT2D eigenvalue weighted by Crippen LogP contribution is 2.32. The molecule has 0 fully saturated rings. The van der Waals surface area contributed by atoms with Crippen LogP contribution >= 0.6 is 0 Å². The van der Waals surface area contributed by atoms with E-state index in [-0.39, 0.29) is 12.7 Å². The fourth-order valence-corrected chi connectivity index (χ4v) is 2.26. The minimum atomic E-state index is 0.267. The van der Waals surface area contributed by atoms with Crippen molar-refractivity contribution in [2.75, 3.05) is 17.8 Å². The van der Waals surface area contributed by atoms with E-state index in [4.69, 9.17) is 15.2 Å². The lowest BCUT2D eigenvalue weighted by atomic mass is 10.2. The number of anilines is 2. The maximum absolute atomic E-state index is 5.57. The smallest absolute Gasteiger partial charge is 0.240 e. The van der Waals surface area contributed by atoms with Crippen molar-refractivity contribution >= 4 is 17.3 Å². The minimum Gasteiger partial charge on any atom is -0.454 e. The zero-order valence-electron chi connectivity index (χ0n) is 11.1. The van der Waals surface area contributed by atoms with Crippen LogP contribution in [0.15, 0.2) is 36.5 Å². The van der Waals surface area contributed by atoms with Crippen molar-refractivity contribution in [3.05, 3.63) is 42.1 Å². The molecule has 7 heteroatoms. The van der Waals surface area contributed by atoms with Crippen LogP contribution in [0, 0.1) is 0 Å². The second kappa shape index (κ2) is 4.55. The number of nitrogen functional groups attached to an aromatic ring is 1. The quantitative estimate of drug-likeness (QED) is 0.760. The summed E-state index contributed by atoms with van der Waals surface area (Å²) in [6.45, 7) is 0.966. The number of nitrogens with one attached hydrogen (secondary N) is 1. The zero-order valence-corrected chi connectivity index (χ0v) is 11.1. The van der Waals surface area contributed by atoms with Gasteiger partial charge in [-0.3, -0.25) is 0 Å². The van der Waals surface area contributed by atoms with Crippen molar-refractivity contribution in [3.8, 4) is 11.5 Å². The highest BCUT2D eigenvalue weighted by molar-refractivity contribution is 5.55. The van der Waals surface area contributed by atoms with Crippen molar-refractivity contribution in [2.24, 2.45) is 0 Å². The molecule has 21 heavy (non-hydrogen) atoms. The summed E-state index contributed by atoms with van der Waals surface area (Å²) in [4.78, 5) is 4.13. The third kappa shape index (κ3) is 2.18. The molecule has 1 aromatic carbocycles. The Morgan fingerprint density at radius 3 is 3.05 bits per heavy atom. The van der Waals surface area contributed by atoms with Gasteiger partial charge < -0.3 is 20.5 Å². The molecule has 0 atom stereocenters. The fourth-order valence-electron chi connectivity index (χ4n) is 2.26. The Morgan fingerprint density at radius 2 is 2.10 bits per heavy atom. The molecule has 1 aliphatic heterocycles. The number of nitrogens with zero attached hydrogens (tertiary/aromatic N) is 3. The summed E-state index contributed by atoms with van der Waals surface area (Å²) in [5.74, 6) is 1.84. The van der Waals surface area contributed by atoms with Crippen molar-refractivity contribution in [1.82, 2.24) is 14.6 Å². The molecule has 0 aliphatic carbocycles. The molecule has 0 saturated heterocycles. The molecule has 1 aliphatic rings. The molecule has 0 unspecified atom stereocenters. The summed E-state index contributed by atoms with van der Waals surface area (Å²) < 4.78 is 12.3. The van der Waals surface area contributed by atoms with E-state index < -0.39 is 0 Å². The highest BCUT2D eigenvalue weighted by atomic mass is 16.7. The van der Waals surface area contributed by atoms with Crippen LogP contribution in [0.5, 0.6) is 11.5 Å². The first-order chi connectivity index (χ1) is 10.3. The first-order valence-electron chi connectivity index (χ1n) is 6.52. The predicted octanol–water partition coefficient (Wildman–Crippen LogP) is 1.65. The van der Waals surface area contributed by atoms with Crippen molar-refractivity contribution in [3.63, 3.8) is 0 Å². The molecule has 7 nitrogen and oxygen atoms in total. The topological polar surface area (TPSA) is 86.7 Å². The van der Waals surface area contributed by atoms with Crippen LogP contribution in [0.3, 0.4) is 0 Å². The molecule has 106 valence electrons. The second-order valence-electron chi connectivity index (χ2n) is 4.73. The van der Waals surface area contributed by atoms with Gasteiger partial charge in [-0.15, -0.1) is 5.10 Å². The summed E-state index contributed by atoms with van der Waals surface area (Å²) >= 11 is 0.